The minimum Gasteiger partial charge on any atom is -0.329 e. The third-order valence-electron chi connectivity index (χ3n) is 5.18. The highest BCUT2D eigenvalue weighted by Gasteiger charge is 2.14. The van der Waals surface area contributed by atoms with Gasteiger partial charge in [-0.25, -0.2) is 18.5 Å². The maximum atomic E-state index is 11.8. The van der Waals surface area contributed by atoms with E-state index in [-0.39, 0.29) is 4.90 Å². The van der Waals surface area contributed by atoms with Crippen molar-refractivity contribution in [2.24, 2.45) is 12.2 Å². The monoisotopic (exact) mass is 449 g/mol. The molecule has 2 heterocycles. The van der Waals surface area contributed by atoms with Gasteiger partial charge < -0.3 is 10.2 Å². The predicted octanol–water partition coefficient (Wildman–Crippen LogP) is 3.47. The zero-order chi connectivity index (χ0) is 23.0. The average molecular weight is 450 g/mol. The molecule has 3 N–H and O–H groups in total. The topological polar surface area (TPSA) is 119 Å². The molecule has 0 amide bonds. The Morgan fingerprint density at radius 2 is 1.97 bits per heavy atom. The number of nitrogens with zero attached hydrogens (tertiary/aromatic N) is 5. The molecule has 2 aromatic carbocycles. The van der Waals surface area contributed by atoms with E-state index in [9.17, 15) is 8.42 Å². The van der Waals surface area contributed by atoms with Crippen molar-refractivity contribution >= 4 is 50.1 Å². The van der Waals surface area contributed by atoms with Crippen molar-refractivity contribution in [2.75, 3.05) is 17.3 Å². The molecule has 4 aromatic rings. The van der Waals surface area contributed by atoms with Gasteiger partial charge in [0.15, 0.2) is 0 Å². The number of hydrogen-bond acceptors (Lipinski definition) is 7. The van der Waals surface area contributed by atoms with Crippen LogP contribution in [0.25, 0.3) is 17.0 Å². The third-order valence-corrected chi connectivity index (χ3v) is 6.23. The molecule has 10 heteroatoms. The van der Waals surface area contributed by atoms with Crippen molar-refractivity contribution in [2.45, 2.75) is 11.8 Å². The summed E-state index contributed by atoms with van der Waals surface area (Å²) in [6, 6.07) is 12.7. The maximum absolute atomic E-state index is 11.8. The number of sulfonamides is 1. The van der Waals surface area contributed by atoms with Gasteiger partial charge >= 0.3 is 0 Å². The molecule has 0 atom stereocenters. The summed E-state index contributed by atoms with van der Waals surface area (Å²) in [6.45, 7) is 5.54. The smallest absolute Gasteiger partial charge is 0.238 e. The second kappa shape index (κ2) is 8.06. The van der Waals surface area contributed by atoms with Crippen molar-refractivity contribution in [1.82, 2.24) is 19.7 Å². The molecule has 0 unspecified atom stereocenters. The van der Waals surface area contributed by atoms with Gasteiger partial charge in [0, 0.05) is 37.1 Å². The van der Waals surface area contributed by atoms with E-state index in [1.807, 2.05) is 37.2 Å². The van der Waals surface area contributed by atoms with Crippen LogP contribution in [0.15, 0.2) is 60.1 Å². The van der Waals surface area contributed by atoms with Gasteiger partial charge in [0.05, 0.1) is 16.1 Å². The molecule has 0 aliphatic rings. The Hall–Kier alpha value is -3.76. The number of primary sulfonamides is 1. The van der Waals surface area contributed by atoms with Gasteiger partial charge in [-0.1, -0.05) is 12.6 Å². The fourth-order valence-electron chi connectivity index (χ4n) is 3.50. The Bertz CT molecular complexity index is 1440. The van der Waals surface area contributed by atoms with Crippen LogP contribution in [0.3, 0.4) is 0 Å². The van der Waals surface area contributed by atoms with Crippen molar-refractivity contribution in [1.29, 1.82) is 0 Å². The molecule has 2 aromatic heterocycles. The van der Waals surface area contributed by atoms with Crippen molar-refractivity contribution in [3.8, 4) is 0 Å². The normalized spacial score (nSPS) is 11.5. The van der Waals surface area contributed by atoms with Crippen molar-refractivity contribution < 1.29 is 8.42 Å². The van der Waals surface area contributed by atoms with E-state index in [1.54, 1.807) is 42.1 Å². The zero-order valence-electron chi connectivity index (χ0n) is 17.9. The predicted molar refractivity (Wildman–Crippen MR) is 127 cm³/mol. The van der Waals surface area contributed by atoms with Crippen molar-refractivity contribution in [3.05, 3.63) is 66.5 Å². The van der Waals surface area contributed by atoms with Crippen LogP contribution < -0.4 is 15.4 Å². The van der Waals surface area contributed by atoms with Gasteiger partial charge in [-0.05, 0) is 55.0 Å². The molecule has 0 saturated carbocycles. The van der Waals surface area contributed by atoms with Gasteiger partial charge in [0.1, 0.15) is 5.82 Å². The number of fused-ring (bicyclic) bond motifs is 1. The molecule has 32 heavy (non-hydrogen) atoms. The van der Waals surface area contributed by atoms with Crippen LogP contribution in [0.1, 0.15) is 11.3 Å². The maximum Gasteiger partial charge on any atom is 0.238 e. The number of anilines is 4. The lowest BCUT2D eigenvalue weighted by Gasteiger charge is -2.19. The summed E-state index contributed by atoms with van der Waals surface area (Å²) >= 11 is 0. The molecular formula is C22H23N7O2S. The molecule has 0 aliphatic carbocycles. The fraction of sp³-hybridized carbons (Fsp3) is 0.136. The lowest BCUT2D eigenvalue weighted by Crippen LogP contribution is -2.14. The van der Waals surface area contributed by atoms with E-state index in [4.69, 9.17) is 5.14 Å². The number of aryl methyl sites for hydroxylation is 2. The molecule has 9 nitrogen and oxygen atoms in total. The summed E-state index contributed by atoms with van der Waals surface area (Å²) in [5.41, 5.74) is 3.81. The van der Waals surface area contributed by atoms with Crippen molar-refractivity contribution in [3.63, 3.8) is 0 Å². The number of nitrogens with two attached hydrogens (primary N) is 1. The Kier molecular flexibility index (Phi) is 5.41. The highest BCUT2D eigenvalue weighted by molar-refractivity contribution is 7.89. The summed E-state index contributed by atoms with van der Waals surface area (Å²) in [4.78, 5) is 10.8. The van der Waals surface area contributed by atoms with Crippen LogP contribution in [0, 0.1) is 6.92 Å². The largest absolute Gasteiger partial charge is 0.329 e. The first kappa shape index (κ1) is 21.5. The Morgan fingerprint density at radius 3 is 2.69 bits per heavy atom. The van der Waals surface area contributed by atoms with E-state index in [1.165, 1.54) is 6.07 Å². The standard InChI is InChI=1S/C22H23N7O2S/c1-5-19-17-9-8-16(13-18(17)27-29(19)4)28(3)21-10-11-24-22(26-21)25-15-7-6-14(2)20(12-15)32(23,30)31/h5-13H,1H2,2-4H3,(H2,23,30,31)(H,24,25,26). The van der Waals surface area contributed by atoms with Gasteiger partial charge in [0.2, 0.25) is 16.0 Å². The van der Waals surface area contributed by atoms with Crippen LogP contribution in [-0.2, 0) is 17.1 Å². The molecule has 0 bridgehead atoms. The Morgan fingerprint density at radius 1 is 1.19 bits per heavy atom. The first-order chi connectivity index (χ1) is 15.2. The van der Waals surface area contributed by atoms with Gasteiger partial charge in [0.25, 0.3) is 0 Å². The van der Waals surface area contributed by atoms with E-state index in [0.717, 1.165) is 22.3 Å². The molecule has 4 rings (SSSR count). The number of rotatable bonds is 6. The van der Waals surface area contributed by atoms with E-state index in [0.29, 0.717) is 23.0 Å². The van der Waals surface area contributed by atoms with Crippen LogP contribution >= 0.6 is 0 Å². The lowest BCUT2D eigenvalue weighted by atomic mass is 10.2. The highest BCUT2D eigenvalue weighted by Crippen LogP contribution is 2.28. The molecule has 164 valence electrons. The van der Waals surface area contributed by atoms with E-state index < -0.39 is 10.0 Å². The Labute approximate surface area is 186 Å². The fourth-order valence-corrected chi connectivity index (χ4v) is 4.31. The molecule has 0 fully saturated rings. The summed E-state index contributed by atoms with van der Waals surface area (Å²) in [7, 11) is -0.0476. The SMILES string of the molecule is C=Cc1c2ccc(N(C)c3ccnc(Nc4ccc(C)c(S(N)(=O)=O)c4)n3)cc2nn1C. The van der Waals surface area contributed by atoms with E-state index in [2.05, 4.69) is 27.0 Å². The molecule has 0 saturated heterocycles. The summed E-state index contributed by atoms with van der Waals surface area (Å²) in [6.07, 6.45) is 3.42. The first-order valence-electron chi connectivity index (χ1n) is 9.74. The lowest BCUT2D eigenvalue weighted by molar-refractivity contribution is 0.597. The van der Waals surface area contributed by atoms with Gasteiger partial charge in [-0.3, -0.25) is 4.68 Å². The number of hydrogen-bond donors (Lipinski definition) is 2. The first-order valence-corrected chi connectivity index (χ1v) is 11.3. The third kappa shape index (κ3) is 4.05. The summed E-state index contributed by atoms with van der Waals surface area (Å²) in [5.74, 6) is 0.979. The molecule has 0 radical (unpaired) electrons. The quantitative estimate of drug-likeness (QED) is 0.462. The van der Waals surface area contributed by atoms with Crippen LogP contribution in [0.2, 0.25) is 0 Å². The van der Waals surface area contributed by atoms with E-state index >= 15 is 0 Å². The van der Waals surface area contributed by atoms with Crippen LogP contribution in [0.5, 0.6) is 0 Å². The number of benzene rings is 2. The van der Waals surface area contributed by atoms with Gasteiger partial charge in [-0.2, -0.15) is 10.1 Å². The minimum absolute atomic E-state index is 0.0540. The number of aromatic nitrogens is 4. The van der Waals surface area contributed by atoms with Crippen LogP contribution in [-0.4, -0.2) is 35.2 Å². The summed E-state index contributed by atoms with van der Waals surface area (Å²) < 4.78 is 25.4. The molecular weight excluding hydrogens is 426 g/mol. The number of nitrogens with one attached hydrogen (secondary N) is 1. The minimum atomic E-state index is -3.83. The molecule has 0 spiro atoms. The van der Waals surface area contributed by atoms with Gasteiger partial charge in [-0.15, -0.1) is 0 Å². The second-order valence-corrected chi connectivity index (χ2v) is 8.89. The van der Waals surface area contributed by atoms with Crippen LogP contribution in [0.4, 0.5) is 23.1 Å². The Balaban J connectivity index is 1.63. The molecule has 0 aliphatic heterocycles. The highest BCUT2D eigenvalue weighted by atomic mass is 32.2. The summed E-state index contributed by atoms with van der Waals surface area (Å²) in [5, 5.41) is 13.9. The zero-order valence-corrected chi connectivity index (χ0v) is 18.8. The second-order valence-electron chi connectivity index (χ2n) is 7.36. The average Bonchev–Trinajstić information content (AvgIpc) is 3.08.